The third-order valence-corrected chi connectivity index (χ3v) is 4.89. The fourth-order valence-corrected chi connectivity index (χ4v) is 3.46. The van der Waals surface area contributed by atoms with Gasteiger partial charge in [-0.15, -0.1) is 0 Å². The summed E-state index contributed by atoms with van der Waals surface area (Å²) in [5.74, 6) is 0.843. The molecule has 1 atom stereocenters. The average Bonchev–Trinajstić information content (AvgIpc) is 2.92. The lowest BCUT2D eigenvalue weighted by molar-refractivity contribution is 0.245. The number of methoxy groups -OCH3 is 1. The van der Waals surface area contributed by atoms with E-state index in [-0.39, 0.29) is 0 Å². The molecule has 1 aliphatic heterocycles. The molecule has 130 valence electrons. The molecule has 5 heteroatoms. The Hall–Kier alpha value is -1.85. The number of rotatable bonds is 5. The third kappa shape index (κ3) is 3.97. The van der Waals surface area contributed by atoms with E-state index in [9.17, 15) is 0 Å². The second-order valence-corrected chi connectivity index (χ2v) is 6.79. The molecule has 2 aromatic rings. The van der Waals surface area contributed by atoms with Crippen molar-refractivity contribution in [1.82, 2.24) is 19.6 Å². The molecule has 0 saturated carbocycles. The van der Waals surface area contributed by atoms with Crippen molar-refractivity contribution in [3.05, 3.63) is 42.2 Å². The minimum Gasteiger partial charge on any atom is -0.494 e. The van der Waals surface area contributed by atoms with Gasteiger partial charge >= 0.3 is 0 Å². The molecule has 0 amide bonds. The molecular formula is C19H28N4O. The van der Waals surface area contributed by atoms with Crippen LogP contribution in [0.25, 0.3) is 5.69 Å². The Labute approximate surface area is 144 Å². The summed E-state index contributed by atoms with van der Waals surface area (Å²) >= 11 is 0. The maximum atomic E-state index is 5.43. The van der Waals surface area contributed by atoms with Gasteiger partial charge < -0.3 is 9.64 Å². The molecule has 0 N–H and O–H groups in total. The van der Waals surface area contributed by atoms with Gasteiger partial charge in [0.2, 0.25) is 0 Å². The van der Waals surface area contributed by atoms with Crippen LogP contribution in [0.15, 0.2) is 36.7 Å². The van der Waals surface area contributed by atoms with Crippen LogP contribution in [0.3, 0.4) is 0 Å². The first kappa shape index (κ1) is 17.0. The highest BCUT2D eigenvalue weighted by Crippen LogP contribution is 2.22. The van der Waals surface area contributed by atoms with Gasteiger partial charge in [0, 0.05) is 24.3 Å². The molecule has 1 fully saturated rings. The van der Waals surface area contributed by atoms with Crippen LogP contribution in [-0.4, -0.2) is 59.9 Å². The van der Waals surface area contributed by atoms with Crippen LogP contribution < -0.4 is 4.74 Å². The normalized spacial score (nSPS) is 19.4. The number of benzene rings is 1. The number of aromatic nitrogens is 2. The molecule has 0 bridgehead atoms. The second-order valence-electron chi connectivity index (χ2n) is 6.79. The van der Waals surface area contributed by atoms with Crippen molar-refractivity contribution in [2.75, 3.05) is 34.3 Å². The van der Waals surface area contributed by atoms with Crippen LogP contribution in [0, 0.1) is 0 Å². The molecule has 0 radical (unpaired) electrons. The average molecular weight is 328 g/mol. The molecule has 0 aliphatic carbocycles. The summed E-state index contributed by atoms with van der Waals surface area (Å²) in [6.07, 6.45) is 7.90. The van der Waals surface area contributed by atoms with Gasteiger partial charge in [-0.05, 0) is 58.6 Å². The first-order valence-electron chi connectivity index (χ1n) is 8.73. The van der Waals surface area contributed by atoms with Crippen LogP contribution in [0.1, 0.15) is 24.8 Å². The van der Waals surface area contributed by atoms with E-state index >= 15 is 0 Å². The fourth-order valence-electron chi connectivity index (χ4n) is 3.46. The van der Waals surface area contributed by atoms with E-state index < -0.39 is 0 Å². The Morgan fingerprint density at radius 3 is 2.83 bits per heavy atom. The van der Waals surface area contributed by atoms with Gasteiger partial charge in [0.05, 0.1) is 13.3 Å². The van der Waals surface area contributed by atoms with Gasteiger partial charge in [0.15, 0.2) is 0 Å². The summed E-state index contributed by atoms with van der Waals surface area (Å²) in [6, 6.07) is 8.70. The summed E-state index contributed by atoms with van der Waals surface area (Å²) in [7, 11) is 6.08. The number of nitrogens with zero attached hydrogens (tertiary/aromatic N) is 4. The lowest BCUT2D eigenvalue weighted by atomic mass is 10.1. The maximum Gasteiger partial charge on any atom is 0.144 e. The van der Waals surface area contributed by atoms with Crippen LogP contribution in [0.4, 0.5) is 0 Å². The van der Waals surface area contributed by atoms with Gasteiger partial charge in [0.25, 0.3) is 0 Å². The summed E-state index contributed by atoms with van der Waals surface area (Å²) in [6.45, 7) is 3.29. The maximum absolute atomic E-state index is 5.43. The standard InChI is InChI=1S/C19H28N4O/c1-21(2)17-7-6-11-22(12-10-17)14-16-13-20-23(15-16)18-8-4-5-9-19(18)24-3/h4-5,8-9,13,15,17H,6-7,10-12,14H2,1-3H3/t17-/m0/s1. The van der Waals surface area contributed by atoms with Gasteiger partial charge in [0.1, 0.15) is 11.4 Å². The van der Waals surface area contributed by atoms with Crippen LogP contribution in [0.5, 0.6) is 5.75 Å². The Kier molecular flexibility index (Phi) is 5.53. The van der Waals surface area contributed by atoms with Crippen molar-refractivity contribution in [1.29, 1.82) is 0 Å². The largest absolute Gasteiger partial charge is 0.494 e. The minimum atomic E-state index is 0.714. The number of ether oxygens (including phenoxy) is 1. The van der Waals surface area contributed by atoms with Crippen molar-refractivity contribution in [3.63, 3.8) is 0 Å². The molecular weight excluding hydrogens is 300 g/mol. The number of hydrogen-bond acceptors (Lipinski definition) is 4. The number of para-hydroxylation sites is 2. The smallest absolute Gasteiger partial charge is 0.144 e. The zero-order chi connectivity index (χ0) is 16.9. The molecule has 1 saturated heterocycles. The SMILES string of the molecule is COc1ccccc1-n1cc(CN2CCC[C@H](N(C)C)CC2)cn1. The summed E-state index contributed by atoms with van der Waals surface area (Å²) in [4.78, 5) is 4.91. The highest BCUT2D eigenvalue weighted by molar-refractivity contribution is 5.46. The van der Waals surface area contributed by atoms with E-state index in [0.29, 0.717) is 6.04 Å². The van der Waals surface area contributed by atoms with E-state index in [1.54, 1.807) is 7.11 Å². The zero-order valence-electron chi connectivity index (χ0n) is 15.0. The van der Waals surface area contributed by atoms with Crippen molar-refractivity contribution in [2.45, 2.75) is 31.8 Å². The second kappa shape index (κ2) is 7.81. The summed E-state index contributed by atoms with van der Waals surface area (Å²) in [5, 5.41) is 4.53. The Balaban J connectivity index is 1.66. The molecule has 3 rings (SSSR count). The van der Waals surface area contributed by atoms with Crippen molar-refractivity contribution in [2.24, 2.45) is 0 Å². The van der Waals surface area contributed by atoms with Crippen LogP contribution >= 0.6 is 0 Å². The molecule has 2 heterocycles. The predicted octanol–water partition coefficient (Wildman–Crippen LogP) is 2.80. The lowest BCUT2D eigenvalue weighted by Crippen LogP contribution is -2.29. The van der Waals surface area contributed by atoms with Gasteiger partial charge in [-0.1, -0.05) is 12.1 Å². The van der Waals surface area contributed by atoms with E-state index in [2.05, 4.69) is 35.2 Å². The van der Waals surface area contributed by atoms with E-state index in [0.717, 1.165) is 24.5 Å². The first-order valence-corrected chi connectivity index (χ1v) is 8.73. The summed E-state index contributed by atoms with van der Waals surface area (Å²) in [5.41, 5.74) is 2.24. The number of likely N-dealkylation sites (tertiary alicyclic amines) is 1. The third-order valence-electron chi connectivity index (χ3n) is 4.89. The van der Waals surface area contributed by atoms with Crippen molar-refractivity contribution < 1.29 is 4.74 Å². The van der Waals surface area contributed by atoms with Gasteiger partial charge in [-0.25, -0.2) is 4.68 Å². The molecule has 1 aromatic heterocycles. The van der Waals surface area contributed by atoms with Gasteiger partial charge in [-0.2, -0.15) is 5.10 Å². The number of hydrogen-bond donors (Lipinski definition) is 0. The minimum absolute atomic E-state index is 0.714. The van der Waals surface area contributed by atoms with E-state index in [1.165, 1.54) is 31.4 Å². The van der Waals surface area contributed by atoms with Crippen LogP contribution in [-0.2, 0) is 6.54 Å². The molecule has 24 heavy (non-hydrogen) atoms. The highest BCUT2D eigenvalue weighted by Gasteiger charge is 2.19. The predicted molar refractivity (Wildman–Crippen MR) is 96.7 cm³/mol. The van der Waals surface area contributed by atoms with Crippen LogP contribution in [0.2, 0.25) is 0 Å². The Morgan fingerprint density at radius 1 is 1.21 bits per heavy atom. The highest BCUT2D eigenvalue weighted by atomic mass is 16.5. The molecule has 1 aromatic carbocycles. The fraction of sp³-hybridized carbons (Fsp3) is 0.526. The molecule has 0 spiro atoms. The van der Waals surface area contributed by atoms with Crippen molar-refractivity contribution >= 4 is 0 Å². The topological polar surface area (TPSA) is 33.5 Å². The molecule has 5 nitrogen and oxygen atoms in total. The van der Waals surface area contributed by atoms with Crippen molar-refractivity contribution in [3.8, 4) is 11.4 Å². The van der Waals surface area contributed by atoms with Gasteiger partial charge in [-0.3, -0.25) is 4.90 Å². The monoisotopic (exact) mass is 328 g/mol. The quantitative estimate of drug-likeness (QED) is 0.845. The zero-order valence-corrected chi connectivity index (χ0v) is 15.0. The Bertz CT molecular complexity index is 652. The Morgan fingerprint density at radius 2 is 2.04 bits per heavy atom. The first-order chi connectivity index (χ1) is 11.7. The van der Waals surface area contributed by atoms with E-state index in [1.807, 2.05) is 35.1 Å². The lowest BCUT2D eigenvalue weighted by Gasteiger charge is -2.23. The summed E-state index contributed by atoms with van der Waals surface area (Å²) < 4.78 is 7.35. The molecule has 1 aliphatic rings. The van der Waals surface area contributed by atoms with E-state index in [4.69, 9.17) is 4.74 Å². The molecule has 0 unspecified atom stereocenters.